The molecule has 2 saturated heterocycles. The van der Waals surface area contributed by atoms with Crippen molar-refractivity contribution in [3.05, 3.63) is 16.6 Å². The van der Waals surface area contributed by atoms with Crippen molar-refractivity contribution in [2.45, 2.75) is 26.3 Å². The third kappa shape index (κ3) is 3.90. The Hall–Kier alpha value is -1.47. The number of hydrogen-bond donors (Lipinski definition) is 0. The highest BCUT2D eigenvalue weighted by atomic mass is 32.1. The molecule has 2 fully saturated rings. The zero-order valence-corrected chi connectivity index (χ0v) is 14.4. The van der Waals surface area contributed by atoms with E-state index in [1.54, 1.807) is 16.2 Å². The summed E-state index contributed by atoms with van der Waals surface area (Å²) in [6.07, 6.45) is 1.36. The van der Waals surface area contributed by atoms with Gasteiger partial charge in [-0.3, -0.25) is 14.5 Å². The van der Waals surface area contributed by atoms with Gasteiger partial charge in [-0.2, -0.15) is 0 Å². The Bertz CT molecular complexity index is 548. The van der Waals surface area contributed by atoms with Gasteiger partial charge in [0.25, 0.3) is 0 Å². The lowest BCUT2D eigenvalue weighted by atomic mass is 10.1. The molecule has 0 aromatic carbocycles. The number of carbonyl (C=O) groups excluding carboxylic acids is 2. The van der Waals surface area contributed by atoms with Crippen molar-refractivity contribution in [2.75, 3.05) is 39.3 Å². The second-order valence-corrected chi connectivity index (χ2v) is 6.99. The number of thiazole rings is 1. The van der Waals surface area contributed by atoms with E-state index in [1.165, 1.54) is 0 Å². The average molecular weight is 336 g/mol. The molecular formula is C16H24N4O2S. The molecule has 1 aromatic rings. The van der Waals surface area contributed by atoms with Crippen molar-refractivity contribution in [3.63, 3.8) is 0 Å². The maximum absolute atomic E-state index is 12.7. The zero-order valence-electron chi connectivity index (χ0n) is 13.6. The van der Waals surface area contributed by atoms with Gasteiger partial charge in [-0.15, -0.1) is 11.3 Å². The van der Waals surface area contributed by atoms with Crippen molar-refractivity contribution in [3.8, 4) is 0 Å². The summed E-state index contributed by atoms with van der Waals surface area (Å²) in [5.74, 6) is 0.128. The van der Waals surface area contributed by atoms with E-state index in [9.17, 15) is 9.59 Å². The highest BCUT2D eigenvalue weighted by molar-refractivity contribution is 7.07. The van der Waals surface area contributed by atoms with Crippen LogP contribution >= 0.6 is 11.3 Å². The fourth-order valence-electron chi connectivity index (χ4n) is 3.40. The summed E-state index contributed by atoms with van der Waals surface area (Å²) in [7, 11) is 0. The first-order valence-corrected chi connectivity index (χ1v) is 9.27. The van der Waals surface area contributed by atoms with Gasteiger partial charge in [-0.25, -0.2) is 4.98 Å². The molecule has 0 N–H and O–H groups in total. The molecular weight excluding hydrogens is 312 g/mol. The fourth-order valence-corrected chi connectivity index (χ4v) is 3.95. The molecule has 1 aromatic heterocycles. The third-order valence-electron chi connectivity index (χ3n) is 4.71. The molecule has 0 aliphatic carbocycles. The van der Waals surface area contributed by atoms with Crippen LogP contribution in [0, 0.1) is 5.92 Å². The van der Waals surface area contributed by atoms with Crippen LogP contribution in [-0.4, -0.2) is 70.8 Å². The summed E-state index contributed by atoms with van der Waals surface area (Å²) in [5.41, 5.74) is 2.97. The minimum absolute atomic E-state index is 0.117. The van der Waals surface area contributed by atoms with Crippen LogP contribution in [0.1, 0.15) is 25.5 Å². The summed E-state index contributed by atoms with van der Waals surface area (Å²) in [5, 5.41) is 2.08. The molecule has 2 aliphatic heterocycles. The van der Waals surface area contributed by atoms with Crippen molar-refractivity contribution < 1.29 is 9.59 Å². The van der Waals surface area contributed by atoms with E-state index in [1.807, 2.05) is 17.3 Å². The van der Waals surface area contributed by atoms with Crippen molar-refractivity contribution in [2.24, 2.45) is 5.92 Å². The van der Waals surface area contributed by atoms with Gasteiger partial charge in [0.2, 0.25) is 11.8 Å². The number of likely N-dealkylation sites (tertiary alicyclic amines) is 1. The predicted octanol–water partition coefficient (Wildman–Crippen LogP) is 1.05. The van der Waals surface area contributed by atoms with Gasteiger partial charge in [0.05, 0.1) is 17.1 Å². The fraction of sp³-hybridized carbons (Fsp3) is 0.688. The lowest BCUT2D eigenvalue weighted by Gasteiger charge is -2.24. The molecule has 0 bridgehead atoms. The molecule has 3 heterocycles. The molecule has 0 spiro atoms. The van der Waals surface area contributed by atoms with Gasteiger partial charge in [-0.1, -0.05) is 0 Å². The molecule has 2 aliphatic rings. The summed E-state index contributed by atoms with van der Waals surface area (Å²) >= 11 is 1.62. The Morgan fingerprint density at radius 2 is 2.22 bits per heavy atom. The topological polar surface area (TPSA) is 56.8 Å². The molecule has 0 unspecified atom stereocenters. The minimum Gasteiger partial charge on any atom is -0.342 e. The molecule has 1 atom stereocenters. The Morgan fingerprint density at radius 3 is 2.91 bits per heavy atom. The van der Waals surface area contributed by atoms with Gasteiger partial charge >= 0.3 is 0 Å². The smallest absolute Gasteiger partial charge is 0.228 e. The van der Waals surface area contributed by atoms with Crippen molar-refractivity contribution in [1.29, 1.82) is 0 Å². The lowest BCUT2D eigenvalue weighted by Crippen LogP contribution is -2.39. The number of hydrogen-bond acceptors (Lipinski definition) is 5. The van der Waals surface area contributed by atoms with E-state index in [4.69, 9.17) is 0 Å². The maximum Gasteiger partial charge on any atom is 0.228 e. The van der Waals surface area contributed by atoms with E-state index in [0.29, 0.717) is 19.5 Å². The van der Waals surface area contributed by atoms with Crippen LogP contribution in [0.15, 0.2) is 10.9 Å². The van der Waals surface area contributed by atoms with Crippen LogP contribution in [0.25, 0.3) is 0 Å². The maximum atomic E-state index is 12.7. The van der Waals surface area contributed by atoms with Crippen LogP contribution in [-0.2, 0) is 16.1 Å². The first kappa shape index (κ1) is 16.4. The molecule has 6 nitrogen and oxygen atoms in total. The first-order valence-electron chi connectivity index (χ1n) is 8.33. The van der Waals surface area contributed by atoms with Crippen LogP contribution in [0.4, 0.5) is 0 Å². The first-order chi connectivity index (χ1) is 11.2. The van der Waals surface area contributed by atoms with E-state index >= 15 is 0 Å². The lowest BCUT2D eigenvalue weighted by molar-refractivity contribution is -0.135. The van der Waals surface area contributed by atoms with Crippen molar-refractivity contribution >= 4 is 23.2 Å². The summed E-state index contributed by atoms with van der Waals surface area (Å²) < 4.78 is 0. The largest absolute Gasteiger partial charge is 0.342 e. The van der Waals surface area contributed by atoms with E-state index < -0.39 is 0 Å². The average Bonchev–Trinajstić information content (AvgIpc) is 3.12. The standard InChI is InChI=1S/C16H24N4O2S/c1-2-19-9-13(8-15(19)21)16(22)20-5-3-4-18(6-7-20)10-14-11-23-12-17-14/h11-13H,2-10H2,1H3/t13-/m1/s1. The second kappa shape index (κ2) is 7.40. The number of carbonyl (C=O) groups is 2. The molecule has 0 saturated carbocycles. The Kier molecular flexibility index (Phi) is 5.27. The van der Waals surface area contributed by atoms with Crippen LogP contribution < -0.4 is 0 Å². The SMILES string of the molecule is CCN1C[C@H](C(=O)N2CCCN(Cc3cscn3)CC2)CC1=O. The highest BCUT2D eigenvalue weighted by Crippen LogP contribution is 2.21. The minimum atomic E-state index is -0.146. The number of nitrogens with zero attached hydrogens (tertiary/aromatic N) is 4. The zero-order chi connectivity index (χ0) is 16.2. The summed E-state index contributed by atoms with van der Waals surface area (Å²) in [4.78, 5) is 35.0. The third-order valence-corrected chi connectivity index (χ3v) is 5.35. The molecule has 126 valence electrons. The quantitative estimate of drug-likeness (QED) is 0.825. The molecule has 7 heteroatoms. The summed E-state index contributed by atoms with van der Waals surface area (Å²) in [6, 6.07) is 0. The molecule has 3 rings (SSSR count). The van der Waals surface area contributed by atoms with Crippen LogP contribution in [0.3, 0.4) is 0 Å². The number of amides is 2. The predicted molar refractivity (Wildman–Crippen MR) is 88.9 cm³/mol. The molecule has 0 radical (unpaired) electrons. The number of aromatic nitrogens is 1. The monoisotopic (exact) mass is 336 g/mol. The Morgan fingerprint density at radius 1 is 1.35 bits per heavy atom. The van der Waals surface area contributed by atoms with Gasteiger partial charge in [-0.05, 0) is 13.3 Å². The Balaban J connectivity index is 1.53. The van der Waals surface area contributed by atoms with Crippen molar-refractivity contribution in [1.82, 2.24) is 19.7 Å². The van der Waals surface area contributed by atoms with Crippen LogP contribution in [0.2, 0.25) is 0 Å². The van der Waals surface area contributed by atoms with Gasteiger partial charge in [0.1, 0.15) is 0 Å². The highest BCUT2D eigenvalue weighted by Gasteiger charge is 2.36. The van der Waals surface area contributed by atoms with E-state index in [2.05, 4.69) is 15.3 Å². The Labute approximate surface area is 141 Å². The van der Waals surface area contributed by atoms with E-state index in [0.717, 1.165) is 44.8 Å². The van der Waals surface area contributed by atoms with Gasteiger partial charge < -0.3 is 9.80 Å². The summed E-state index contributed by atoms with van der Waals surface area (Å²) in [6.45, 7) is 7.53. The van der Waals surface area contributed by atoms with Gasteiger partial charge in [0, 0.05) is 57.6 Å². The molecule has 2 amide bonds. The normalized spacial score (nSPS) is 23.3. The van der Waals surface area contributed by atoms with E-state index in [-0.39, 0.29) is 17.7 Å². The second-order valence-electron chi connectivity index (χ2n) is 6.27. The van der Waals surface area contributed by atoms with Gasteiger partial charge in [0.15, 0.2) is 0 Å². The van der Waals surface area contributed by atoms with Crippen LogP contribution in [0.5, 0.6) is 0 Å². The molecule has 23 heavy (non-hydrogen) atoms. The number of rotatable bonds is 4.